The largest absolute Gasteiger partial charge is 0.407 e. The summed E-state index contributed by atoms with van der Waals surface area (Å²) in [5.41, 5.74) is 6.33. The third kappa shape index (κ3) is 2.34. The van der Waals surface area contributed by atoms with E-state index in [-0.39, 0.29) is 6.54 Å². The summed E-state index contributed by atoms with van der Waals surface area (Å²) in [6.45, 7) is 0.872. The number of rotatable bonds is 4. The zero-order valence-corrected chi connectivity index (χ0v) is 9.00. The fourth-order valence-electron chi connectivity index (χ4n) is 1.28. The SMILES string of the molecule is CN(Cc1ccccn1)c1nnc(CN)o1. The molecule has 2 aromatic heterocycles. The molecule has 6 heteroatoms. The molecule has 2 heterocycles. The first kappa shape index (κ1) is 10.6. The lowest BCUT2D eigenvalue weighted by molar-refractivity contribution is 0.490. The molecule has 0 aliphatic rings. The highest BCUT2D eigenvalue weighted by Gasteiger charge is 2.10. The van der Waals surface area contributed by atoms with E-state index in [1.165, 1.54) is 0 Å². The lowest BCUT2D eigenvalue weighted by Gasteiger charge is -2.12. The Labute approximate surface area is 93.1 Å². The van der Waals surface area contributed by atoms with Gasteiger partial charge in [-0.25, -0.2) is 0 Å². The van der Waals surface area contributed by atoms with Crippen LogP contribution in [0.5, 0.6) is 0 Å². The summed E-state index contributed by atoms with van der Waals surface area (Å²) < 4.78 is 5.32. The number of hydrogen-bond acceptors (Lipinski definition) is 6. The minimum Gasteiger partial charge on any atom is -0.407 e. The number of nitrogens with zero attached hydrogens (tertiary/aromatic N) is 4. The Morgan fingerprint density at radius 2 is 2.25 bits per heavy atom. The number of aromatic nitrogens is 3. The molecular formula is C10H13N5O. The number of anilines is 1. The molecule has 2 N–H and O–H groups in total. The smallest absolute Gasteiger partial charge is 0.318 e. The van der Waals surface area contributed by atoms with Gasteiger partial charge >= 0.3 is 6.01 Å². The maximum absolute atomic E-state index is 5.39. The monoisotopic (exact) mass is 219 g/mol. The van der Waals surface area contributed by atoms with Crippen LogP contribution in [0.1, 0.15) is 11.6 Å². The van der Waals surface area contributed by atoms with Crippen LogP contribution >= 0.6 is 0 Å². The molecule has 0 atom stereocenters. The van der Waals surface area contributed by atoms with Crippen LogP contribution in [0.25, 0.3) is 0 Å². The van der Waals surface area contributed by atoms with Crippen LogP contribution in [0, 0.1) is 0 Å². The molecule has 16 heavy (non-hydrogen) atoms. The predicted octanol–water partition coefficient (Wildman–Crippen LogP) is 0.560. The second-order valence-electron chi connectivity index (χ2n) is 3.36. The summed E-state index contributed by atoms with van der Waals surface area (Å²) in [5, 5.41) is 7.68. The maximum atomic E-state index is 5.39. The van der Waals surface area contributed by atoms with Crippen molar-refractivity contribution in [3.05, 3.63) is 36.0 Å². The lowest BCUT2D eigenvalue weighted by Crippen LogP contribution is -2.17. The van der Waals surface area contributed by atoms with Crippen molar-refractivity contribution in [3.8, 4) is 0 Å². The van der Waals surface area contributed by atoms with Crippen molar-refractivity contribution in [2.45, 2.75) is 13.1 Å². The molecule has 0 amide bonds. The van der Waals surface area contributed by atoms with Gasteiger partial charge in [0.15, 0.2) is 0 Å². The van der Waals surface area contributed by atoms with Crippen LogP contribution in [0.4, 0.5) is 6.01 Å². The van der Waals surface area contributed by atoms with Gasteiger partial charge in [-0.2, -0.15) is 0 Å². The fraction of sp³-hybridized carbons (Fsp3) is 0.300. The van der Waals surface area contributed by atoms with E-state index >= 15 is 0 Å². The van der Waals surface area contributed by atoms with Gasteiger partial charge < -0.3 is 15.1 Å². The Bertz CT molecular complexity index is 441. The van der Waals surface area contributed by atoms with Crippen molar-refractivity contribution in [1.82, 2.24) is 15.2 Å². The van der Waals surface area contributed by atoms with Crippen molar-refractivity contribution < 1.29 is 4.42 Å². The summed E-state index contributed by atoms with van der Waals surface area (Å²) in [4.78, 5) is 6.04. The lowest BCUT2D eigenvalue weighted by atomic mass is 10.3. The highest BCUT2D eigenvalue weighted by molar-refractivity contribution is 5.24. The van der Waals surface area contributed by atoms with E-state index in [4.69, 9.17) is 10.2 Å². The first-order valence-electron chi connectivity index (χ1n) is 4.93. The number of pyridine rings is 1. The van der Waals surface area contributed by atoms with Crippen LogP contribution in [-0.2, 0) is 13.1 Å². The van der Waals surface area contributed by atoms with Gasteiger partial charge in [-0.3, -0.25) is 4.98 Å². The molecule has 0 bridgehead atoms. The van der Waals surface area contributed by atoms with E-state index in [9.17, 15) is 0 Å². The zero-order chi connectivity index (χ0) is 11.4. The van der Waals surface area contributed by atoms with Crippen LogP contribution in [0.2, 0.25) is 0 Å². The minimum absolute atomic E-state index is 0.254. The van der Waals surface area contributed by atoms with Gasteiger partial charge in [0.25, 0.3) is 0 Å². The molecule has 0 spiro atoms. The van der Waals surface area contributed by atoms with Gasteiger partial charge in [0.05, 0.1) is 18.8 Å². The first-order valence-corrected chi connectivity index (χ1v) is 4.93. The molecule has 0 aliphatic heterocycles. The van der Waals surface area contributed by atoms with E-state index < -0.39 is 0 Å². The second-order valence-corrected chi connectivity index (χ2v) is 3.36. The van der Waals surface area contributed by atoms with Crippen molar-refractivity contribution in [2.75, 3.05) is 11.9 Å². The fourth-order valence-corrected chi connectivity index (χ4v) is 1.28. The molecule has 6 nitrogen and oxygen atoms in total. The third-order valence-electron chi connectivity index (χ3n) is 2.08. The Balaban J connectivity index is 2.05. The average molecular weight is 219 g/mol. The Morgan fingerprint density at radius 3 is 2.88 bits per heavy atom. The van der Waals surface area contributed by atoms with E-state index in [2.05, 4.69) is 15.2 Å². The standard InChI is InChI=1S/C10H13N5O/c1-15(7-8-4-2-3-5-12-8)10-14-13-9(6-11)16-10/h2-5H,6-7,11H2,1H3. The molecule has 0 fully saturated rings. The van der Waals surface area contributed by atoms with Gasteiger partial charge in [-0.05, 0) is 12.1 Å². The molecule has 0 radical (unpaired) electrons. The normalized spacial score (nSPS) is 10.4. The van der Waals surface area contributed by atoms with E-state index in [0.29, 0.717) is 18.5 Å². The summed E-state index contributed by atoms with van der Waals surface area (Å²) in [6, 6.07) is 6.21. The van der Waals surface area contributed by atoms with Crippen molar-refractivity contribution in [1.29, 1.82) is 0 Å². The predicted molar refractivity (Wildman–Crippen MR) is 58.5 cm³/mol. The molecule has 2 rings (SSSR count). The van der Waals surface area contributed by atoms with Crippen LogP contribution in [-0.4, -0.2) is 22.2 Å². The quantitative estimate of drug-likeness (QED) is 0.809. The average Bonchev–Trinajstić information content (AvgIpc) is 2.79. The van der Waals surface area contributed by atoms with Crippen LogP contribution in [0.3, 0.4) is 0 Å². The van der Waals surface area contributed by atoms with Crippen LogP contribution in [0.15, 0.2) is 28.8 Å². The zero-order valence-electron chi connectivity index (χ0n) is 9.00. The summed E-state index contributed by atoms with van der Waals surface area (Å²) in [5.74, 6) is 0.433. The van der Waals surface area contributed by atoms with Crippen molar-refractivity contribution in [3.63, 3.8) is 0 Å². The maximum Gasteiger partial charge on any atom is 0.318 e. The highest BCUT2D eigenvalue weighted by Crippen LogP contribution is 2.12. The van der Waals surface area contributed by atoms with Gasteiger partial charge in [-0.15, -0.1) is 5.10 Å². The number of hydrogen-bond donors (Lipinski definition) is 1. The Hall–Kier alpha value is -1.95. The van der Waals surface area contributed by atoms with Crippen LogP contribution < -0.4 is 10.6 Å². The van der Waals surface area contributed by atoms with Crippen molar-refractivity contribution in [2.24, 2.45) is 5.73 Å². The van der Waals surface area contributed by atoms with Gasteiger partial charge in [0.1, 0.15) is 0 Å². The Morgan fingerprint density at radius 1 is 1.38 bits per heavy atom. The number of nitrogens with two attached hydrogens (primary N) is 1. The molecule has 84 valence electrons. The molecule has 0 saturated heterocycles. The first-order chi connectivity index (χ1) is 7.79. The van der Waals surface area contributed by atoms with Crippen molar-refractivity contribution >= 4 is 6.01 Å². The van der Waals surface area contributed by atoms with Gasteiger partial charge in [0.2, 0.25) is 5.89 Å². The summed E-state index contributed by atoms with van der Waals surface area (Å²) >= 11 is 0. The van der Waals surface area contributed by atoms with E-state index in [0.717, 1.165) is 5.69 Å². The van der Waals surface area contributed by atoms with Gasteiger partial charge in [-0.1, -0.05) is 11.2 Å². The molecular weight excluding hydrogens is 206 g/mol. The molecule has 0 aromatic carbocycles. The third-order valence-corrected chi connectivity index (χ3v) is 2.08. The molecule has 0 aliphatic carbocycles. The summed E-state index contributed by atoms with van der Waals surface area (Å²) in [7, 11) is 1.86. The Kier molecular flexibility index (Phi) is 3.11. The molecule has 2 aromatic rings. The molecule has 0 saturated carbocycles. The molecule has 0 unspecified atom stereocenters. The second kappa shape index (κ2) is 4.71. The van der Waals surface area contributed by atoms with E-state index in [1.807, 2.05) is 30.1 Å². The minimum atomic E-state index is 0.254. The summed E-state index contributed by atoms with van der Waals surface area (Å²) in [6.07, 6.45) is 1.75. The van der Waals surface area contributed by atoms with E-state index in [1.54, 1.807) is 6.20 Å². The topological polar surface area (TPSA) is 81.1 Å². The highest BCUT2D eigenvalue weighted by atomic mass is 16.4. The van der Waals surface area contributed by atoms with Gasteiger partial charge in [0, 0.05) is 13.2 Å².